The van der Waals surface area contributed by atoms with Gasteiger partial charge >= 0.3 is 5.97 Å². The summed E-state index contributed by atoms with van der Waals surface area (Å²) in [5.41, 5.74) is 0.724. The highest BCUT2D eigenvalue weighted by atomic mass is 32.1. The lowest BCUT2D eigenvalue weighted by Gasteiger charge is -2.36. The summed E-state index contributed by atoms with van der Waals surface area (Å²) in [5, 5.41) is 19.9. The Bertz CT molecular complexity index is 722. The first-order valence-electron chi connectivity index (χ1n) is 6.82. The standard InChI is InChI=1S/C15H14N2O4S/c18-15(19)10-7-16(8-10)9-11-5-6-14(22-11)12-3-1-2-4-13(12)17(20)21/h1-6,10H,7-9H2,(H,18,19). The van der Waals surface area contributed by atoms with E-state index in [0.29, 0.717) is 25.2 Å². The van der Waals surface area contributed by atoms with Gasteiger partial charge < -0.3 is 5.11 Å². The number of carboxylic acid groups (broad SMARTS) is 1. The molecular formula is C15H14N2O4S. The number of aliphatic carboxylic acids is 1. The Labute approximate surface area is 130 Å². The highest BCUT2D eigenvalue weighted by molar-refractivity contribution is 7.15. The Kier molecular flexibility index (Phi) is 3.91. The van der Waals surface area contributed by atoms with Crippen LogP contribution in [0.25, 0.3) is 10.4 Å². The lowest BCUT2D eigenvalue weighted by Crippen LogP contribution is -2.49. The number of para-hydroxylation sites is 1. The molecule has 2 heterocycles. The molecule has 0 saturated carbocycles. The summed E-state index contributed by atoms with van der Waals surface area (Å²) in [5.74, 6) is -1.02. The first-order valence-corrected chi connectivity index (χ1v) is 7.64. The van der Waals surface area contributed by atoms with E-state index in [2.05, 4.69) is 4.90 Å². The predicted octanol–water partition coefficient (Wildman–Crippen LogP) is 2.84. The number of benzene rings is 1. The van der Waals surface area contributed by atoms with Crippen molar-refractivity contribution in [3.8, 4) is 10.4 Å². The molecular weight excluding hydrogens is 304 g/mol. The van der Waals surface area contributed by atoms with Gasteiger partial charge in [0.15, 0.2) is 0 Å². The third-order valence-corrected chi connectivity index (χ3v) is 4.82. The molecule has 1 saturated heterocycles. The molecule has 6 nitrogen and oxygen atoms in total. The van der Waals surface area contributed by atoms with Crippen LogP contribution in [0.2, 0.25) is 0 Å². The number of hydrogen-bond donors (Lipinski definition) is 1. The zero-order valence-electron chi connectivity index (χ0n) is 11.6. The van der Waals surface area contributed by atoms with Crippen molar-refractivity contribution >= 4 is 23.0 Å². The van der Waals surface area contributed by atoms with E-state index in [1.165, 1.54) is 17.4 Å². The molecule has 1 N–H and O–H groups in total. The number of carboxylic acids is 1. The van der Waals surface area contributed by atoms with Crippen LogP contribution in [0, 0.1) is 16.0 Å². The van der Waals surface area contributed by atoms with Gasteiger partial charge in [-0.1, -0.05) is 12.1 Å². The monoisotopic (exact) mass is 318 g/mol. The summed E-state index contributed by atoms with van der Waals surface area (Å²) in [6.07, 6.45) is 0. The topological polar surface area (TPSA) is 83.7 Å². The van der Waals surface area contributed by atoms with Gasteiger partial charge in [-0.25, -0.2) is 0 Å². The van der Waals surface area contributed by atoms with Crippen LogP contribution in [0.4, 0.5) is 5.69 Å². The van der Waals surface area contributed by atoms with Crippen LogP contribution in [0.5, 0.6) is 0 Å². The molecule has 1 aromatic carbocycles. The third-order valence-electron chi connectivity index (χ3n) is 3.71. The molecule has 1 aliphatic rings. The Morgan fingerprint density at radius 3 is 2.73 bits per heavy atom. The summed E-state index contributed by atoms with van der Waals surface area (Å²) >= 11 is 1.51. The maximum absolute atomic E-state index is 11.1. The Morgan fingerprint density at radius 1 is 1.32 bits per heavy atom. The van der Waals surface area contributed by atoms with E-state index >= 15 is 0 Å². The van der Waals surface area contributed by atoms with E-state index in [-0.39, 0.29) is 16.5 Å². The summed E-state index contributed by atoms with van der Waals surface area (Å²) in [6.45, 7) is 1.82. The van der Waals surface area contributed by atoms with Gasteiger partial charge in [-0.15, -0.1) is 11.3 Å². The molecule has 0 amide bonds. The fourth-order valence-electron chi connectivity index (χ4n) is 2.52. The molecule has 0 radical (unpaired) electrons. The number of carbonyl (C=O) groups is 1. The SMILES string of the molecule is O=C(O)C1CN(Cc2ccc(-c3ccccc3[N+](=O)[O-])s2)C1. The molecule has 1 aromatic heterocycles. The van der Waals surface area contributed by atoms with Crippen molar-refractivity contribution in [1.29, 1.82) is 0 Å². The van der Waals surface area contributed by atoms with Crippen LogP contribution < -0.4 is 0 Å². The number of nitro benzene ring substituents is 1. The van der Waals surface area contributed by atoms with Crippen molar-refractivity contribution in [2.75, 3.05) is 13.1 Å². The van der Waals surface area contributed by atoms with E-state index in [1.807, 2.05) is 12.1 Å². The molecule has 0 aliphatic carbocycles. The minimum absolute atomic E-state index is 0.103. The van der Waals surface area contributed by atoms with Crippen molar-refractivity contribution in [3.63, 3.8) is 0 Å². The molecule has 1 fully saturated rings. The average molecular weight is 318 g/mol. The number of thiophene rings is 1. The summed E-state index contributed by atoms with van der Waals surface area (Å²) in [4.78, 5) is 25.5. The van der Waals surface area contributed by atoms with E-state index in [1.54, 1.807) is 18.2 Å². The molecule has 3 rings (SSSR count). The normalized spacial score (nSPS) is 15.5. The number of nitro groups is 1. The second-order valence-corrected chi connectivity index (χ2v) is 6.44. The maximum atomic E-state index is 11.1. The average Bonchev–Trinajstić information content (AvgIpc) is 2.90. The summed E-state index contributed by atoms with van der Waals surface area (Å²) in [6, 6.07) is 10.5. The summed E-state index contributed by atoms with van der Waals surface area (Å²) in [7, 11) is 0. The largest absolute Gasteiger partial charge is 0.481 e. The van der Waals surface area contributed by atoms with Crippen molar-refractivity contribution in [1.82, 2.24) is 4.90 Å². The highest BCUT2D eigenvalue weighted by Crippen LogP contribution is 2.35. The van der Waals surface area contributed by atoms with Gasteiger partial charge in [-0.2, -0.15) is 0 Å². The van der Waals surface area contributed by atoms with Crippen LogP contribution in [-0.2, 0) is 11.3 Å². The Balaban J connectivity index is 1.72. The van der Waals surface area contributed by atoms with Crippen LogP contribution in [-0.4, -0.2) is 34.0 Å². The predicted molar refractivity (Wildman–Crippen MR) is 82.8 cm³/mol. The number of likely N-dealkylation sites (tertiary alicyclic amines) is 1. The Hall–Kier alpha value is -2.25. The quantitative estimate of drug-likeness (QED) is 0.677. The van der Waals surface area contributed by atoms with E-state index < -0.39 is 5.97 Å². The smallest absolute Gasteiger partial charge is 0.309 e. The first-order chi connectivity index (χ1) is 10.5. The molecule has 1 aliphatic heterocycles. The van der Waals surface area contributed by atoms with Crippen molar-refractivity contribution < 1.29 is 14.8 Å². The van der Waals surface area contributed by atoms with Crippen molar-refractivity contribution in [3.05, 3.63) is 51.4 Å². The van der Waals surface area contributed by atoms with Crippen LogP contribution in [0.1, 0.15) is 4.88 Å². The number of hydrogen-bond acceptors (Lipinski definition) is 5. The minimum atomic E-state index is -0.747. The van der Waals surface area contributed by atoms with Gasteiger partial charge in [-0.3, -0.25) is 19.8 Å². The van der Waals surface area contributed by atoms with Crippen LogP contribution in [0.15, 0.2) is 36.4 Å². The lowest BCUT2D eigenvalue weighted by atomic mass is 10.0. The molecule has 0 bridgehead atoms. The first kappa shape index (κ1) is 14.7. The van der Waals surface area contributed by atoms with Gasteiger partial charge in [0.2, 0.25) is 0 Å². The van der Waals surface area contributed by atoms with Crippen LogP contribution in [0.3, 0.4) is 0 Å². The molecule has 114 valence electrons. The second-order valence-electron chi connectivity index (χ2n) is 5.27. The molecule has 2 aromatic rings. The molecule has 7 heteroatoms. The molecule has 0 spiro atoms. The lowest BCUT2D eigenvalue weighted by molar-refractivity contribution is -0.384. The molecule has 22 heavy (non-hydrogen) atoms. The van der Waals surface area contributed by atoms with E-state index in [9.17, 15) is 14.9 Å². The fraction of sp³-hybridized carbons (Fsp3) is 0.267. The van der Waals surface area contributed by atoms with Gasteiger partial charge in [0.25, 0.3) is 5.69 Å². The summed E-state index contributed by atoms with van der Waals surface area (Å²) < 4.78 is 0. The van der Waals surface area contributed by atoms with Gasteiger partial charge in [0, 0.05) is 35.5 Å². The van der Waals surface area contributed by atoms with Gasteiger partial charge in [0.05, 0.1) is 16.4 Å². The number of nitrogens with zero attached hydrogens (tertiary/aromatic N) is 2. The minimum Gasteiger partial charge on any atom is -0.481 e. The van der Waals surface area contributed by atoms with Gasteiger partial charge in [-0.05, 0) is 18.2 Å². The Morgan fingerprint density at radius 2 is 2.05 bits per heavy atom. The second kappa shape index (κ2) is 5.86. The van der Waals surface area contributed by atoms with Crippen molar-refractivity contribution in [2.45, 2.75) is 6.54 Å². The van der Waals surface area contributed by atoms with Crippen molar-refractivity contribution in [2.24, 2.45) is 5.92 Å². The zero-order chi connectivity index (χ0) is 15.7. The van der Waals surface area contributed by atoms with Gasteiger partial charge in [0.1, 0.15) is 0 Å². The zero-order valence-corrected chi connectivity index (χ0v) is 12.5. The van der Waals surface area contributed by atoms with Crippen LogP contribution >= 0.6 is 11.3 Å². The highest BCUT2D eigenvalue weighted by Gasteiger charge is 2.32. The van der Waals surface area contributed by atoms with E-state index in [4.69, 9.17) is 5.11 Å². The maximum Gasteiger partial charge on any atom is 0.309 e. The molecule has 0 atom stereocenters. The van der Waals surface area contributed by atoms with E-state index in [0.717, 1.165) is 9.75 Å². The fourth-order valence-corrected chi connectivity index (χ4v) is 3.61. The third kappa shape index (κ3) is 2.86. The number of rotatable bonds is 5. The molecule has 0 unspecified atom stereocenters.